The topological polar surface area (TPSA) is 20.3 Å². The molecule has 1 aliphatic carbocycles. The van der Waals surface area contributed by atoms with Crippen molar-refractivity contribution < 1.29 is 4.79 Å². The number of carbonyl (C=O) groups is 1. The molecule has 0 radical (unpaired) electrons. The number of rotatable bonds is 2. The second kappa shape index (κ2) is 4.57. The Morgan fingerprint density at radius 1 is 0.850 bits per heavy atom. The predicted molar refractivity (Wildman–Crippen MR) is 78.7 cm³/mol. The van der Waals surface area contributed by atoms with Gasteiger partial charge in [-0.15, -0.1) is 0 Å². The molecule has 2 aromatic rings. The molecule has 2 heteroatoms. The Hall–Kier alpha value is -1.93. The standard InChI is InChI=1S/C18H17NO/c20-18-16-11-19(10-13-6-2-1-3-7-13)12-17(18)15-9-5-4-8-14(15)16/h1-9,16-17H,10-12H2. The maximum atomic E-state index is 12.4. The molecular weight excluding hydrogens is 246 g/mol. The van der Waals surface area contributed by atoms with Crippen LogP contribution >= 0.6 is 0 Å². The van der Waals surface area contributed by atoms with Crippen LogP contribution in [0.15, 0.2) is 54.6 Å². The molecule has 1 aliphatic heterocycles. The average molecular weight is 263 g/mol. The molecule has 4 rings (SSSR count). The molecule has 0 amide bonds. The first kappa shape index (κ1) is 11.9. The minimum Gasteiger partial charge on any atom is -0.298 e. The first-order valence-corrected chi connectivity index (χ1v) is 7.22. The highest BCUT2D eigenvalue weighted by molar-refractivity contribution is 5.97. The van der Waals surface area contributed by atoms with E-state index in [1.54, 1.807) is 0 Å². The van der Waals surface area contributed by atoms with E-state index in [1.165, 1.54) is 16.7 Å². The van der Waals surface area contributed by atoms with Crippen molar-refractivity contribution in [1.29, 1.82) is 0 Å². The maximum Gasteiger partial charge on any atom is 0.150 e. The molecule has 1 heterocycles. The van der Waals surface area contributed by atoms with Gasteiger partial charge < -0.3 is 0 Å². The first-order chi connectivity index (χ1) is 9.83. The molecule has 0 aromatic heterocycles. The lowest BCUT2D eigenvalue weighted by atomic mass is 9.93. The van der Waals surface area contributed by atoms with Gasteiger partial charge in [0.2, 0.25) is 0 Å². The van der Waals surface area contributed by atoms with Crippen LogP contribution in [0, 0.1) is 0 Å². The van der Waals surface area contributed by atoms with Gasteiger partial charge in [-0.05, 0) is 16.7 Å². The van der Waals surface area contributed by atoms with Gasteiger partial charge in [-0.25, -0.2) is 0 Å². The smallest absolute Gasteiger partial charge is 0.150 e. The third-order valence-electron chi connectivity index (χ3n) is 4.56. The Bertz CT molecular complexity index is 614. The number of carbonyl (C=O) groups excluding carboxylic acids is 1. The number of hydrogen-bond donors (Lipinski definition) is 0. The molecule has 2 nitrogen and oxygen atoms in total. The van der Waals surface area contributed by atoms with Crippen LogP contribution < -0.4 is 0 Å². The number of benzene rings is 2. The molecule has 2 aliphatic rings. The van der Waals surface area contributed by atoms with Crippen LogP contribution in [-0.2, 0) is 11.3 Å². The SMILES string of the molecule is O=C1C2CN(Cc3ccccc3)CC1c1ccccc12. The molecule has 20 heavy (non-hydrogen) atoms. The van der Waals surface area contributed by atoms with E-state index in [0.717, 1.165) is 19.6 Å². The molecule has 2 unspecified atom stereocenters. The minimum atomic E-state index is 0.0914. The highest BCUT2D eigenvalue weighted by Crippen LogP contribution is 2.43. The van der Waals surface area contributed by atoms with Gasteiger partial charge in [-0.1, -0.05) is 54.6 Å². The number of Topliss-reactive ketones (excluding diaryl/α,β-unsaturated/α-hetero) is 1. The fraction of sp³-hybridized carbons (Fsp3) is 0.278. The maximum absolute atomic E-state index is 12.4. The van der Waals surface area contributed by atoms with Gasteiger partial charge in [0.15, 0.2) is 0 Å². The van der Waals surface area contributed by atoms with E-state index in [0.29, 0.717) is 5.78 Å². The van der Waals surface area contributed by atoms with Crippen molar-refractivity contribution >= 4 is 5.78 Å². The number of hydrogen-bond acceptors (Lipinski definition) is 2. The Kier molecular flexibility index (Phi) is 2.71. The van der Waals surface area contributed by atoms with Crippen molar-refractivity contribution in [2.45, 2.75) is 18.4 Å². The monoisotopic (exact) mass is 263 g/mol. The lowest BCUT2D eigenvalue weighted by molar-refractivity contribution is -0.124. The average Bonchev–Trinajstić information content (AvgIpc) is 2.66. The van der Waals surface area contributed by atoms with Gasteiger partial charge in [-0.3, -0.25) is 9.69 Å². The summed E-state index contributed by atoms with van der Waals surface area (Å²) in [6.07, 6.45) is 0. The fourth-order valence-electron chi connectivity index (χ4n) is 3.63. The van der Waals surface area contributed by atoms with Crippen molar-refractivity contribution in [3.05, 3.63) is 71.3 Å². The van der Waals surface area contributed by atoms with Crippen LogP contribution in [0.1, 0.15) is 28.5 Å². The summed E-state index contributed by atoms with van der Waals surface area (Å²) in [5, 5.41) is 0. The summed E-state index contributed by atoms with van der Waals surface area (Å²) in [5.74, 6) is 0.609. The zero-order valence-electron chi connectivity index (χ0n) is 11.3. The van der Waals surface area contributed by atoms with E-state index in [-0.39, 0.29) is 11.8 Å². The van der Waals surface area contributed by atoms with Crippen molar-refractivity contribution in [2.75, 3.05) is 13.1 Å². The van der Waals surface area contributed by atoms with Crippen LogP contribution in [-0.4, -0.2) is 23.8 Å². The van der Waals surface area contributed by atoms with Crippen LogP contribution in [0.4, 0.5) is 0 Å². The van der Waals surface area contributed by atoms with E-state index in [2.05, 4.69) is 41.3 Å². The van der Waals surface area contributed by atoms with Gasteiger partial charge in [0.1, 0.15) is 5.78 Å². The molecule has 100 valence electrons. The number of nitrogens with zero attached hydrogens (tertiary/aromatic N) is 1. The lowest BCUT2D eigenvalue weighted by Crippen LogP contribution is -2.39. The Labute approximate surface area is 119 Å². The van der Waals surface area contributed by atoms with E-state index < -0.39 is 0 Å². The van der Waals surface area contributed by atoms with E-state index in [1.807, 2.05) is 18.2 Å². The number of fused-ring (bicyclic) bond motifs is 5. The lowest BCUT2D eigenvalue weighted by Gasteiger charge is -2.31. The third-order valence-corrected chi connectivity index (χ3v) is 4.56. The molecule has 2 bridgehead atoms. The summed E-state index contributed by atoms with van der Waals surface area (Å²) in [6, 6.07) is 18.9. The summed E-state index contributed by atoms with van der Waals surface area (Å²) in [4.78, 5) is 14.8. The van der Waals surface area contributed by atoms with Crippen molar-refractivity contribution in [1.82, 2.24) is 4.90 Å². The molecule has 0 spiro atoms. The minimum absolute atomic E-state index is 0.0914. The summed E-state index contributed by atoms with van der Waals surface area (Å²) >= 11 is 0. The largest absolute Gasteiger partial charge is 0.298 e. The molecule has 0 N–H and O–H groups in total. The Balaban J connectivity index is 1.61. The molecule has 1 fully saturated rings. The predicted octanol–water partition coefficient (Wildman–Crippen LogP) is 2.95. The highest BCUT2D eigenvalue weighted by atomic mass is 16.1. The Morgan fingerprint density at radius 3 is 2.00 bits per heavy atom. The van der Waals surface area contributed by atoms with Gasteiger partial charge in [0.05, 0.1) is 11.8 Å². The van der Waals surface area contributed by atoms with Crippen molar-refractivity contribution in [3.8, 4) is 0 Å². The van der Waals surface area contributed by atoms with E-state index >= 15 is 0 Å². The molecule has 2 aromatic carbocycles. The van der Waals surface area contributed by atoms with Crippen molar-refractivity contribution in [2.24, 2.45) is 0 Å². The third kappa shape index (κ3) is 1.80. The summed E-state index contributed by atoms with van der Waals surface area (Å²) < 4.78 is 0. The van der Waals surface area contributed by atoms with Crippen molar-refractivity contribution in [3.63, 3.8) is 0 Å². The van der Waals surface area contributed by atoms with Crippen LogP contribution in [0.5, 0.6) is 0 Å². The number of ketones is 1. The Morgan fingerprint density at radius 2 is 1.40 bits per heavy atom. The number of likely N-dealkylation sites (tertiary alicyclic amines) is 1. The van der Waals surface area contributed by atoms with Crippen LogP contribution in [0.3, 0.4) is 0 Å². The second-order valence-corrected chi connectivity index (χ2v) is 5.82. The van der Waals surface area contributed by atoms with Gasteiger partial charge in [0.25, 0.3) is 0 Å². The normalized spacial score (nSPS) is 24.7. The molecular formula is C18H17NO. The van der Waals surface area contributed by atoms with E-state index in [9.17, 15) is 4.79 Å². The second-order valence-electron chi connectivity index (χ2n) is 5.82. The molecule has 1 saturated heterocycles. The van der Waals surface area contributed by atoms with Crippen LogP contribution in [0.25, 0.3) is 0 Å². The van der Waals surface area contributed by atoms with Crippen LogP contribution in [0.2, 0.25) is 0 Å². The zero-order chi connectivity index (χ0) is 13.5. The first-order valence-electron chi connectivity index (χ1n) is 7.22. The van der Waals surface area contributed by atoms with Gasteiger partial charge in [0, 0.05) is 19.6 Å². The molecule has 2 atom stereocenters. The number of piperidine rings is 1. The van der Waals surface area contributed by atoms with E-state index in [4.69, 9.17) is 0 Å². The van der Waals surface area contributed by atoms with Gasteiger partial charge in [-0.2, -0.15) is 0 Å². The fourth-order valence-corrected chi connectivity index (χ4v) is 3.63. The summed E-state index contributed by atoms with van der Waals surface area (Å²) in [6.45, 7) is 2.66. The van der Waals surface area contributed by atoms with Gasteiger partial charge >= 0.3 is 0 Å². The summed E-state index contributed by atoms with van der Waals surface area (Å²) in [7, 11) is 0. The highest BCUT2D eigenvalue weighted by Gasteiger charge is 2.44. The quantitative estimate of drug-likeness (QED) is 0.830. The summed E-state index contributed by atoms with van der Waals surface area (Å²) in [5.41, 5.74) is 3.85. The molecule has 0 saturated carbocycles. The zero-order valence-corrected chi connectivity index (χ0v) is 11.3.